The molecule has 2 rings (SSSR count). The highest BCUT2D eigenvalue weighted by molar-refractivity contribution is 5.96. The van der Waals surface area contributed by atoms with E-state index in [1.54, 1.807) is 6.92 Å². The van der Waals surface area contributed by atoms with Crippen molar-refractivity contribution in [2.75, 3.05) is 10.6 Å². The lowest BCUT2D eigenvalue weighted by Crippen LogP contribution is -2.32. The van der Waals surface area contributed by atoms with E-state index in [2.05, 4.69) is 10.6 Å². The molecule has 0 saturated carbocycles. The minimum absolute atomic E-state index is 0.244. The molecule has 1 amide bonds. The Hall–Kier alpha value is -2.50. The molecule has 2 N–H and O–H groups in total. The number of carbonyl (C=O) groups excluding carboxylic acids is 1. The van der Waals surface area contributed by atoms with Crippen molar-refractivity contribution >= 4 is 17.3 Å². The second-order valence-electron chi connectivity index (χ2n) is 5.45. The molecule has 0 radical (unpaired) electrons. The van der Waals surface area contributed by atoms with Gasteiger partial charge in [0.25, 0.3) is 0 Å². The molecule has 2 aromatic carbocycles. The molecule has 1 atom stereocenters. The highest BCUT2D eigenvalue weighted by Crippen LogP contribution is 2.34. The van der Waals surface area contributed by atoms with E-state index in [1.807, 2.05) is 31.2 Å². The van der Waals surface area contributed by atoms with Crippen LogP contribution in [0.1, 0.15) is 25.0 Å². The molecule has 0 aliphatic rings. The summed E-state index contributed by atoms with van der Waals surface area (Å²) >= 11 is 0. The lowest BCUT2D eigenvalue weighted by molar-refractivity contribution is -0.137. The van der Waals surface area contributed by atoms with Gasteiger partial charge < -0.3 is 10.6 Å². The fourth-order valence-corrected chi connectivity index (χ4v) is 2.28. The molecule has 0 heterocycles. The van der Waals surface area contributed by atoms with Gasteiger partial charge in [-0.15, -0.1) is 0 Å². The maximum atomic E-state index is 13.0. The Kier molecular flexibility index (Phi) is 5.49. The summed E-state index contributed by atoms with van der Waals surface area (Å²) in [5.74, 6) is -0.534. The van der Waals surface area contributed by atoms with Gasteiger partial charge in [0.15, 0.2) is 0 Å². The molecule has 0 aliphatic heterocycles. The lowest BCUT2D eigenvalue weighted by Gasteiger charge is -2.18. The Bertz CT molecular complexity index is 713. The molecule has 0 spiro atoms. The third-order valence-corrected chi connectivity index (χ3v) is 3.60. The molecule has 0 fully saturated rings. The Morgan fingerprint density at radius 1 is 1.12 bits per heavy atom. The van der Waals surface area contributed by atoms with Crippen molar-refractivity contribution in [3.8, 4) is 0 Å². The van der Waals surface area contributed by atoms with Crippen LogP contribution >= 0.6 is 0 Å². The van der Waals surface area contributed by atoms with E-state index in [0.29, 0.717) is 0 Å². The van der Waals surface area contributed by atoms with Gasteiger partial charge in [-0.25, -0.2) is 0 Å². The fourth-order valence-electron chi connectivity index (χ4n) is 2.28. The van der Waals surface area contributed by atoms with Crippen molar-refractivity contribution in [3.05, 3.63) is 59.7 Å². The SMILES string of the molecule is CCc1cccc(NC(C)C(=O)Nc2ccccc2C(F)(F)F)c1. The van der Waals surface area contributed by atoms with E-state index >= 15 is 0 Å². The Balaban J connectivity index is 2.09. The molecule has 0 bridgehead atoms. The molecule has 0 aliphatic carbocycles. The third-order valence-electron chi connectivity index (χ3n) is 3.60. The predicted octanol–water partition coefficient (Wildman–Crippen LogP) is 4.71. The summed E-state index contributed by atoms with van der Waals surface area (Å²) in [5, 5.41) is 5.35. The monoisotopic (exact) mass is 336 g/mol. The quantitative estimate of drug-likeness (QED) is 0.830. The van der Waals surface area contributed by atoms with E-state index < -0.39 is 23.7 Å². The topological polar surface area (TPSA) is 41.1 Å². The highest BCUT2D eigenvalue weighted by Gasteiger charge is 2.33. The van der Waals surface area contributed by atoms with Gasteiger partial charge >= 0.3 is 6.18 Å². The summed E-state index contributed by atoms with van der Waals surface area (Å²) in [6, 6.07) is 11.8. The number of para-hydroxylation sites is 1. The molecule has 3 nitrogen and oxygen atoms in total. The van der Waals surface area contributed by atoms with Gasteiger partial charge in [0.05, 0.1) is 11.3 Å². The maximum absolute atomic E-state index is 13.0. The average Bonchev–Trinajstić information content (AvgIpc) is 2.54. The molecule has 128 valence electrons. The number of hydrogen-bond acceptors (Lipinski definition) is 2. The maximum Gasteiger partial charge on any atom is 0.418 e. The van der Waals surface area contributed by atoms with Crippen molar-refractivity contribution < 1.29 is 18.0 Å². The van der Waals surface area contributed by atoms with Gasteiger partial charge in [-0.05, 0) is 43.2 Å². The van der Waals surface area contributed by atoms with Crippen LogP contribution < -0.4 is 10.6 Å². The van der Waals surface area contributed by atoms with Gasteiger partial charge in [0, 0.05) is 5.69 Å². The van der Waals surface area contributed by atoms with E-state index in [0.717, 1.165) is 23.7 Å². The first-order valence-electron chi connectivity index (χ1n) is 7.64. The summed E-state index contributed by atoms with van der Waals surface area (Å²) in [6.07, 6.45) is -3.66. The first-order valence-corrected chi connectivity index (χ1v) is 7.64. The van der Waals surface area contributed by atoms with E-state index in [-0.39, 0.29) is 5.69 Å². The summed E-state index contributed by atoms with van der Waals surface area (Å²) in [6.45, 7) is 3.62. The van der Waals surface area contributed by atoms with Crippen LogP contribution in [0.2, 0.25) is 0 Å². The normalized spacial score (nSPS) is 12.5. The minimum atomic E-state index is -4.52. The van der Waals surface area contributed by atoms with Crippen LogP contribution in [-0.4, -0.2) is 11.9 Å². The smallest absolute Gasteiger partial charge is 0.374 e. The van der Waals surface area contributed by atoms with Gasteiger partial charge in [-0.2, -0.15) is 13.2 Å². The van der Waals surface area contributed by atoms with E-state index in [9.17, 15) is 18.0 Å². The second-order valence-corrected chi connectivity index (χ2v) is 5.45. The van der Waals surface area contributed by atoms with Crippen molar-refractivity contribution in [3.63, 3.8) is 0 Å². The standard InChI is InChI=1S/C18H19F3N2O/c1-3-13-7-6-8-14(11-13)22-12(2)17(24)23-16-10-5-4-9-15(16)18(19,20)21/h4-12,22H,3H2,1-2H3,(H,23,24). The Morgan fingerprint density at radius 3 is 2.50 bits per heavy atom. The number of nitrogens with one attached hydrogen (secondary N) is 2. The van der Waals surface area contributed by atoms with Crippen molar-refractivity contribution in [2.24, 2.45) is 0 Å². The second kappa shape index (κ2) is 7.38. The number of anilines is 2. The molecular weight excluding hydrogens is 317 g/mol. The zero-order valence-electron chi connectivity index (χ0n) is 13.4. The molecule has 2 aromatic rings. The average molecular weight is 336 g/mol. The highest BCUT2D eigenvalue weighted by atomic mass is 19.4. The molecule has 0 saturated heterocycles. The number of benzene rings is 2. The number of rotatable bonds is 5. The van der Waals surface area contributed by atoms with Gasteiger partial charge in [-0.3, -0.25) is 4.79 Å². The zero-order chi connectivity index (χ0) is 17.7. The molecule has 1 unspecified atom stereocenters. The summed E-state index contributed by atoms with van der Waals surface area (Å²) < 4.78 is 38.9. The zero-order valence-corrected chi connectivity index (χ0v) is 13.4. The number of hydrogen-bond donors (Lipinski definition) is 2. The van der Waals surface area contributed by atoms with Crippen LogP contribution in [0.4, 0.5) is 24.5 Å². The minimum Gasteiger partial charge on any atom is -0.374 e. The van der Waals surface area contributed by atoms with Crippen molar-refractivity contribution in [1.29, 1.82) is 0 Å². The molecule has 0 aromatic heterocycles. The van der Waals surface area contributed by atoms with Crippen LogP contribution in [0.5, 0.6) is 0 Å². The molecule has 24 heavy (non-hydrogen) atoms. The largest absolute Gasteiger partial charge is 0.418 e. The van der Waals surface area contributed by atoms with E-state index in [4.69, 9.17) is 0 Å². The molecular formula is C18H19F3N2O. The van der Waals surface area contributed by atoms with Crippen LogP contribution in [0, 0.1) is 0 Å². The number of aryl methyl sites for hydroxylation is 1. The van der Waals surface area contributed by atoms with Gasteiger partial charge in [-0.1, -0.05) is 31.2 Å². The summed E-state index contributed by atoms with van der Waals surface area (Å²) in [4.78, 5) is 12.2. The Morgan fingerprint density at radius 2 is 1.83 bits per heavy atom. The Labute approximate surface area is 138 Å². The number of halogens is 3. The van der Waals surface area contributed by atoms with Crippen molar-refractivity contribution in [2.45, 2.75) is 32.5 Å². The third kappa shape index (κ3) is 4.50. The number of carbonyl (C=O) groups is 1. The van der Waals surface area contributed by atoms with Gasteiger partial charge in [0.1, 0.15) is 6.04 Å². The predicted molar refractivity (Wildman–Crippen MR) is 89.0 cm³/mol. The number of alkyl halides is 3. The fraction of sp³-hybridized carbons (Fsp3) is 0.278. The summed E-state index contributed by atoms with van der Waals surface area (Å²) in [7, 11) is 0. The van der Waals surface area contributed by atoms with Crippen molar-refractivity contribution in [1.82, 2.24) is 0 Å². The first-order chi connectivity index (χ1) is 11.3. The summed E-state index contributed by atoms with van der Waals surface area (Å²) in [5.41, 5.74) is 0.751. The first kappa shape index (κ1) is 17.8. The molecule has 6 heteroatoms. The van der Waals surface area contributed by atoms with Crippen LogP contribution in [0.25, 0.3) is 0 Å². The van der Waals surface area contributed by atoms with Crippen LogP contribution in [0.15, 0.2) is 48.5 Å². The number of amides is 1. The lowest BCUT2D eigenvalue weighted by atomic mass is 10.1. The van der Waals surface area contributed by atoms with Crippen LogP contribution in [-0.2, 0) is 17.4 Å². The van der Waals surface area contributed by atoms with Crippen LogP contribution in [0.3, 0.4) is 0 Å². The van der Waals surface area contributed by atoms with E-state index in [1.165, 1.54) is 18.2 Å². The van der Waals surface area contributed by atoms with Gasteiger partial charge in [0.2, 0.25) is 5.91 Å².